The van der Waals surface area contributed by atoms with Gasteiger partial charge in [-0.15, -0.1) is 11.6 Å². The summed E-state index contributed by atoms with van der Waals surface area (Å²) in [7, 11) is 0. The summed E-state index contributed by atoms with van der Waals surface area (Å²) in [4.78, 5) is 0. The van der Waals surface area contributed by atoms with Crippen LogP contribution in [-0.4, -0.2) is 0 Å². The molecule has 0 nitrogen and oxygen atoms in total. The highest BCUT2D eigenvalue weighted by Gasteiger charge is 2.19. The Morgan fingerprint density at radius 1 is 1.57 bits per heavy atom. The van der Waals surface area contributed by atoms with Crippen LogP contribution in [0.4, 0.5) is 0 Å². The van der Waals surface area contributed by atoms with Crippen molar-refractivity contribution in [1.82, 2.24) is 0 Å². The molecule has 7 heavy (non-hydrogen) atoms. The van der Waals surface area contributed by atoms with Crippen LogP contribution in [0.2, 0.25) is 0 Å². The van der Waals surface area contributed by atoms with Gasteiger partial charge in [-0.3, -0.25) is 0 Å². The van der Waals surface area contributed by atoms with Gasteiger partial charge >= 0.3 is 0 Å². The minimum atomic E-state index is 1.04. The Morgan fingerprint density at radius 2 is 2.29 bits per heavy atom. The van der Waals surface area contributed by atoms with Gasteiger partial charge in [0.2, 0.25) is 0 Å². The van der Waals surface area contributed by atoms with Crippen molar-refractivity contribution in [3.05, 3.63) is 5.88 Å². The van der Waals surface area contributed by atoms with E-state index in [9.17, 15) is 0 Å². The van der Waals surface area contributed by atoms with Crippen LogP contribution in [-0.2, 0) is 0 Å². The van der Waals surface area contributed by atoms with Crippen LogP contribution in [0, 0.1) is 11.8 Å². The van der Waals surface area contributed by atoms with E-state index in [4.69, 9.17) is 11.6 Å². The first-order chi connectivity index (χ1) is 3.43. The average Bonchev–Trinajstić information content (AvgIpc) is 2.42. The molecule has 0 heterocycles. The van der Waals surface area contributed by atoms with Crippen molar-refractivity contribution in [3.63, 3.8) is 0 Å². The first kappa shape index (κ1) is 5.43. The molecule has 0 aliphatic heterocycles. The molecule has 0 N–H and O–H groups in total. The number of halogens is 1. The van der Waals surface area contributed by atoms with Crippen LogP contribution in [0.5, 0.6) is 0 Å². The Bertz CT molecular complexity index is 48.1. The maximum atomic E-state index is 5.35. The summed E-state index contributed by atoms with van der Waals surface area (Å²) in [6.07, 6.45) is 5.32. The summed E-state index contributed by atoms with van der Waals surface area (Å²) in [6.45, 7) is 0. The number of rotatable bonds is 3. The van der Waals surface area contributed by atoms with Crippen molar-refractivity contribution in [1.29, 1.82) is 0 Å². The molecule has 1 radical (unpaired) electrons. The van der Waals surface area contributed by atoms with Gasteiger partial charge in [0, 0.05) is 5.88 Å². The lowest BCUT2D eigenvalue weighted by atomic mass is 10.2. The second-order valence-electron chi connectivity index (χ2n) is 2.18. The molecule has 0 amide bonds. The largest absolute Gasteiger partial charge is 0.121 e. The van der Waals surface area contributed by atoms with Crippen molar-refractivity contribution >= 4 is 11.6 Å². The fourth-order valence-electron chi connectivity index (χ4n) is 0.705. The standard InChI is InChI=1S/C6H10Cl/c7-5-1-2-6-3-4-6/h5-6H,1-4H2. The second-order valence-corrected chi connectivity index (χ2v) is 2.48. The smallest absolute Gasteiger partial charge is 0.0499 e. The zero-order valence-electron chi connectivity index (χ0n) is 4.36. The van der Waals surface area contributed by atoms with Crippen LogP contribution in [0.3, 0.4) is 0 Å². The van der Waals surface area contributed by atoms with Crippen LogP contribution < -0.4 is 0 Å². The first-order valence-corrected chi connectivity index (χ1v) is 3.29. The zero-order chi connectivity index (χ0) is 5.11. The molecule has 1 rings (SSSR count). The molecular weight excluding hydrogens is 108 g/mol. The van der Waals surface area contributed by atoms with Crippen LogP contribution in [0.1, 0.15) is 25.7 Å². The Hall–Kier alpha value is 0.290. The van der Waals surface area contributed by atoms with Gasteiger partial charge in [-0.05, 0) is 18.8 Å². The lowest BCUT2D eigenvalue weighted by molar-refractivity contribution is 0.734. The van der Waals surface area contributed by atoms with Crippen molar-refractivity contribution in [2.75, 3.05) is 0 Å². The minimum Gasteiger partial charge on any atom is -0.121 e. The van der Waals surface area contributed by atoms with E-state index >= 15 is 0 Å². The molecule has 1 aliphatic carbocycles. The molecule has 1 heteroatoms. The fraction of sp³-hybridized carbons (Fsp3) is 0.833. The molecule has 0 atom stereocenters. The van der Waals surface area contributed by atoms with Crippen LogP contribution in [0.15, 0.2) is 0 Å². The summed E-state index contributed by atoms with van der Waals surface area (Å²) in [5, 5.41) is 0. The van der Waals surface area contributed by atoms with Crippen LogP contribution in [0.25, 0.3) is 0 Å². The summed E-state index contributed by atoms with van der Waals surface area (Å²) in [6, 6.07) is 0. The quantitative estimate of drug-likeness (QED) is 0.533. The number of hydrogen-bond donors (Lipinski definition) is 0. The maximum Gasteiger partial charge on any atom is 0.0499 e. The molecule has 0 saturated heterocycles. The molecule has 0 aromatic carbocycles. The SMILES string of the molecule is Cl[CH]CCC1CC1. The zero-order valence-corrected chi connectivity index (χ0v) is 5.12. The van der Waals surface area contributed by atoms with E-state index in [1.807, 2.05) is 0 Å². The Balaban J connectivity index is 1.80. The van der Waals surface area contributed by atoms with Crippen molar-refractivity contribution in [2.24, 2.45) is 5.92 Å². The fourth-order valence-corrected chi connectivity index (χ4v) is 0.831. The number of hydrogen-bond acceptors (Lipinski definition) is 0. The van der Waals surface area contributed by atoms with Gasteiger partial charge in [-0.25, -0.2) is 0 Å². The third-order valence-corrected chi connectivity index (χ3v) is 1.60. The summed E-state index contributed by atoms with van der Waals surface area (Å²) in [5.74, 6) is 2.77. The van der Waals surface area contributed by atoms with E-state index in [0.29, 0.717) is 0 Å². The average molecular weight is 118 g/mol. The highest BCUT2D eigenvalue weighted by atomic mass is 35.5. The molecule has 1 aliphatic rings. The van der Waals surface area contributed by atoms with Gasteiger partial charge in [0.05, 0.1) is 0 Å². The van der Waals surface area contributed by atoms with Crippen molar-refractivity contribution < 1.29 is 0 Å². The maximum absolute atomic E-state index is 5.35. The van der Waals surface area contributed by atoms with E-state index in [2.05, 4.69) is 0 Å². The van der Waals surface area contributed by atoms with Gasteiger partial charge < -0.3 is 0 Å². The van der Waals surface area contributed by atoms with E-state index in [1.165, 1.54) is 19.3 Å². The molecule has 0 unspecified atom stereocenters. The lowest BCUT2D eigenvalue weighted by Gasteiger charge is -1.87. The van der Waals surface area contributed by atoms with Crippen molar-refractivity contribution in [3.8, 4) is 0 Å². The second kappa shape index (κ2) is 2.56. The normalized spacial score (nSPS) is 20.1. The van der Waals surface area contributed by atoms with Gasteiger partial charge in [0.15, 0.2) is 0 Å². The van der Waals surface area contributed by atoms with E-state index in [0.717, 1.165) is 12.3 Å². The van der Waals surface area contributed by atoms with Gasteiger partial charge in [0.25, 0.3) is 0 Å². The monoisotopic (exact) mass is 117 g/mol. The first-order valence-electron chi connectivity index (χ1n) is 2.85. The third kappa shape index (κ3) is 2.18. The topological polar surface area (TPSA) is 0 Å². The molecule has 1 saturated carbocycles. The van der Waals surface area contributed by atoms with Crippen LogP contribution >= 0.6 is 11.6 Å². The summed E-state index contributed by atoms with van der Waals surface area (Å²) in [5.41, 5.74) is 0. The predicted molar refractivity (Wildman–Crippen MR) is 32.1 cm³/mol. The third-order valence-electron chi connectivity index (χ3n) is 1.38. The molecule has 0 spiro atoms. The summed E-state index contributed by atoms with van der Waals surface area (Å²) < 4.78 is 0. The van der Waals surface area contributed by atoms with Crippen molar-refractivity contribution in [2.45, 2.75) is 25.7 Å². The van der Waals surface area contributed by atoms with E-state index < -0.39 is 0 Å². The highest BCUT2D eigenvalue weighted by molar-refractivity contribution is 6.23. The molecule has 1 fully saturated rings. The summed E-state index contributed by atoms with van der Waals surface area (Å²) >= 11 is 5.35. The van der Waals surface area contributed by atoms with Gasteiger partial charge in [-0.2, -0.15) is 0 Å². The predicted octanol–water partition coefficient (Wildman–Crippen LogP) is 2.58. The van der Waals surface area contributed by atoms with E-state index in [1.54, 1.807) is 5.88 Å². The molecule has 41 valence electrons. The Kier molecular flexibility index (Phi) is 1.99. The van der Waals surface area contributed by atoms with Gasteiger partial charge in [-0.1, -0.05) is 12.8 Å². The molecule has 0 aromatic rings. The molecular formula is C6H10Cl. The highest BCUT2D eigenvalue weighted by Crippen LogP contribution is 2.33. The Morgan fingerprint density at radius 3 is 2.71 bits per heavy atom. The Labute approximate surface area is 49.9 Å². The van der Waals surface area contributed by atoms with Gasteiger partial charge in [0.1, 0.15) is 0 Å². The molecule has 0 aromatic heterocycles. The lowest BCUT2D eigenvalue weighted by Crippen LogP contribution is -1.72. The molecule has 0 bridgehead atoms. The van der Waals surface area contributed by atoms with E-state index in [-0.39, 0.29) is 0 Å². The minimum absolute atomic E-state index is 1.04.